The number of anilines is 1. The molecule has 0 fully saturated rings. The molecule has 6 heteroatoms. The third-order valence-electron chi connectivity index (χ3n) is 5.20. The Kier molecular flexibility index (Phi) is 9.33. The normalized spacial score (nSPS) is 11.7. The quantitative estimate of drug-likeness (QED) is 0.210. The summed E-state index contributed by atoms with van der Waals surface area (Å²) in [5.74, 6) is 2.13. The van der Waals surface area contributed by atoms with E-state index in [4.69, 9.17) is 9.47 Å². The van der Waals surface area contributed by atoms with Gasteiger partial charge in [-0.3, -0.25) is 0 Å². The molecular weight excluding hydrogens is 414 g/mol. The summed E-state index contributed by atoms with van der Waals surface area (Å²) in [6.07, 6.45) is 3.44. The zero-order chi connectivity index (χ0) is 23.3. The van der Waals surface area contributed by atoms with E-state index in [1.165, 1.54) is 5.56 Å². The summed E-state index contributed by atoms with van der Waals surface area (Å²) in [6, 6.07) is 24.6. The molecule has 0 unspecified atom stereocenters. The van der Waals surface area contributed by atoms with Crippen LogP contribution in [-0.2, 0) is 0 Å². The maximum atomic E-state index is 11.9. The van der Waals surface area contributed by atoms with Gasteiger partial charge < -0.3 is 14.8 Å². The highest BCUT2D eigenvalue weighted by atomic mass is 16.5. The van der Waals surface area contributed by atoms with Gasteiger partial charge in [0.05, 0.1) is 19.4 Å². The second-order valence-corrected chi connectivity index (χ2v) is 7.66. The minimum Gasteiger partial charge on any atom is -0.493 e. The van der Waals surface area contributed by atoms with E-state index in [0.29, 0.717) is 30.6 Å². The molecule has 0 spiro atoms. The van der Waals surface area contributed by atoms with Crippen LogP contribution >= 0.6 is 0 Å². The predicted molar refractivity (Wildman–Crippen MR) is 133 cm³/mol. The number of hydrogen-bond donors (Lipinski definition) is 2. The fraction of sp³-hybridized carbons (Fsp3) is 0.259. The molecule has 3 aromatic rings. The average molecular weight is 446 g/mol. The average Bonchev–Trinajstić information content (AvgIpc) is 2.85. The van der Waals surface area contributed by atoms with Gasteiger partial charge in [0.25, 0.3) is 0 Å². The van der Waals surface area contributed by atoms with Crippen LogP contribution in [-0.4, -0.2) is 25.5 Å². The molecule has 172 valence electrons. The number of amides is 2. The van der Waals surface area contributed by atoms with E-state index in [9.17, 15) is 4.79 Å². The van der Waals surface area contributed by atoms with Crippen molar-refractivity contribution in [3.05, 3.63) is 90.0 Å². The molecule has 0 aliphatic carbocycles. The fourth-order valence-corrected chi connectivity index (χ4v) is 3.12. The molecule has 2 N–H and O–H groups in total. The smallest absolute Gasteiger partial charge is 0.339 e. The Hall–Kier alpha value is -3.80. The molecule has 0 saturated heterocycles. The summed E-state index contributed by atoms with van der Waals surface area (Å²) < 4.78 is 11.7. The van der Waals surface area contributed by atoms with Gasteiger partial charge in [0.1, 0.15) is 11.5 Å². The van der Waals surface area contributed by atoms with Crippen LogP contribution in [0.15, 0.2) is 84.0 Å². The number of benzene rings is 3. The number of nitrogens with one attached hydrogen (secondary N) is 2. The van der Waals surface area contributed by atoms with Crippen LogP contribution in [0.2, 0.25) is 0 Å². The van der Waals surface area contributed by atoms with Crippen LogP contribution in [0.5, 0.6) is 11.5 Å². The lowest BCUT2D eigenvalue weighted by atomic mass is 9.99. The highest BCUT2D eigenvalue weighted by Crippen LogP contribution is 2.21. The highest BCUT2D eigenvalue weighted by Gasteiger charge is 2.04. The molecule has 3 rings (SSSR count). The van der Waals surface area contributed by atoms with Gasteiger partial charge in [0.15, 0.2) is 0 Å². The van der Waals surface area contributed by atoms with Crippen molar-refractivity contribution in [2.24, 2.45) is 5.10 Å². The van der Waals surface area contributed by atoms with E-state index in [1.54, 1.807) is 18.3 Å². The third-order valence-corrected chi connectivity index (χ3v) is 5.20. The number of nitrogens with zero attached hydrogens (tertiary/aromatic N) is 1. The molecule has 0 radical (unpaired) electrons. The minimum absolute atomic E-state index is 0.412. The van der Waals surface area contributed by atoms with Gasteiger partial charge >= 0.3 is 6.03 Å². The van der Waals surface area contributed by atoms with E-state index in [1.807, 2.05) is 54.6 Å². The molecule has 0 saturated carbocycles. The number of para-hydroxylation sites is 2. The first-order valence-corrected chi connectivity index (χ1v) is 11.3. The third kappa shape index (κ3) is 8.00. The van der Waals surface area contributed by atoms with E-state index in [2.05, 4.69) is 41.8 Å². The summed E-state index contributed by atoms with van der Waals surface area (Å²) in [5, 5.41) is 6.72. The van der Waals surface area contributed by atoms with Crippen molar-refractivity contribution in [2.75, 3.05) is 18.5 Å². The monoisotopic (exact) mass is 445 g/mol. The molecule has 0 heterocycles. The van der Waals surface area contributed by atoms with Crippen molar-refractivity contribution >= 4 is 17.9 Å². The second-order valence-electron chi connectivity index (χ2n) is 7.66. The Balaban J connectivity index is 1.41. The first-order valence-electron chi connectivity index (χ1n) is 11.3. The summed E-state index contributed by atoms with van der Waals surface area (Å²) >= 11 is 0. The molecule has 0 bridgehead atoms. The summed E-state index contributed by atoms with van der Waals surface area (Å²) in [7, 11) is 0. The molecule has 0 aliphatic heterocycles. The van der Waals surface area contributed by atoms with Gasteiger partial charge in [-0.15, -0.1) is 0 Å². The number of hydrogen-bond acceptors (Lipinski definition) is 4. The Bertz CT molecular complexity index is 1020. The van der Waals surface area contributed by atoms with Crippen LogP contribution in [0.4, 0.5) is 10.5 Å². The lowest BCUT2D eigenvalue weighted by Gasteiger charge is -2.12. The zero-order valence-electron chi connectivity index (χ0n) is 19.2. The van der Waals surface area contributed by atoms with E-state index in [0.717, 1.165) is 24.2 Å². The number of ether oxygens (including phenoxy) is 2. The van der Waals surface area contributed by atoms with Gasteiger partial charge in [0, 0.05) is 17.7 Å². The van der Waals surface area contributed by atoms with Crippen molar-refractivity contribution in [1.82, 2.24) is 5.43 Å². The molecule has 2 amide bonds. The molecule has 1 atom stereocenters. The van der Waals surface area contributed by atoms with Crippen molar-refractivity contribution in [3.63, 3.8) is 0 Å². The predicted octanol–water partition coefficient (Wildman–Crippen LogP) is 6.20. The molecular formula is C27H31N3O3. The maximum Gasteiger partial charge on any atom is 0.339 e. The van der Waals surface area contributed by atoms with Crippen LogP contribution in [0.3, 0.4) is 0 Å². The largest absolute Gasteiger partial charge is 0.493 e. The van der Waals surface area contributed by atoms with E-state index >= 15 is 0 Å². The van der Waals surface area contributed by atoms with Gasteiger partial charge in [-0.2, -0.15) is 5.10 Å². The topological polar surface area (TPSA) is 72.0 Å². The summed E-state index contributed by atoms with van der Waals surface area (Å²) in [4.78, 5) is 11.9. The lowest BCUT2D eigenvalue weighted by Crippen LogP contribution is -2.24. The number of urea groups is 1. The highest BCUT2D eigenvalue weighted by molar-refractivity contribution is 5.90. The SMILES string of the molecule is CC[C@H](C)c1ccc(OCCCOc2ccccc2/C=N\NC(=O)Nc2ccccc2)cc1. The molecule has 3 aromatic carbocycles. The molecule has 0 aromatic heterocycles. The number of carbonyl (C=O) groups excluding carboxylic acids is 1. The van der Waals surface area contributed by atoms with Crippen LogP contribution < -0.4 is 20.2 Å². The van der Waals surface area contributed by atoms with Crippen LogP contribution in [0.1, 0.15) is 43.7 Å². The van der Waals surface area contributed by atoms with Gasteiger partial charge in [-0.05, 0) is 54.3 Å². The maximum absolute atomic E-state index is 11.9. The van der Waals surface area contributed by atoms with E-state index < -0.39 is 6.03 Å². The van der Waals surface area contributed by atoms with Gasteiger partial charge in [-0.1, -0.05) is 56.3 Å². The van der Waals surface area contributed by atoms with E-state index in [-0.39, 0.29) is 0 Å². The van der Waals surface area contributed by atoms with Gasteiger partial charge in [-0.25, -0.2) is 10.2 Å². The molecule has 6 nitrogen and oxygen atoms in total. The molecule has 33 heavy (non-hydrogen) atoms. The van der Waals surface area contributed by atoms with Crippen molar-refractivity contribution < 1.29 is 14.3 Å². The number of hydrazone groups is 1. The fourth-order valence-electron chi connectivity index (χ4n) is 3.12. The van der Waals surface area contributed by atoms with Crippen molar-refractivity contribution in [3.8, 4) is 11.5 Å². The Labute approximate surface area is 195 Å². The Morgan fingerprint density at radius 3 is 2.39 bits per heavy atom. The lowest BCUT2D eigenvalue weighted by molar-refractivity contribution is 0.247. The van der Waals surface area contributed by atoms with Crippen molar-refractivity contribution in [2.45, 2.75) is 32.6 Å². The summed E-state index contributed by atoms with van der Waals surface area (Å²) in [5.41, 5.74) is 5.27. The van der Waals surface area contributed by atoms with Crippen molar-refractivity contribution in [1.29, 1.82) is 0 Å². The first kappa shape index (κ1) is 23.9. The molecule has 0 aliphatic rings. The Morgan fingerprint density at radius 2 is 1.64 bits per heavy atom. The second kappa shape index (κ2) is 12.9. The number of carbonyl (C=O) groups is 1. The standard InChI is InChI=1S/C27H31N3O3/c1-3-21(2)22-14-16-25(17-15-22)32-18-9-19-33-26-13-8-7-10-23(26)20-28-30-27(31)29-24-11-5-4-6-12-24/h4-8,10-17,20-21H,3,9,18-19H2,1-2H3,(H2,29,30,31)/b28-20-/t21-/m0/s1. The van der Waals surface area contributed by atoms with Crippen LogP contribution in [0.25, 0.3) is 0 Å². The van der Waals surface area contributed by atoms with Gasteiger partial charge in [0.2, 0.25) is 0 Å². The van der Waals surface area contributed by atoms with Crippen LogP contribution in [0, 0.1) is 0 Å². The Morgan fingerprint density at radius 1 is 0.939 bits per heavy atom. The zero-order valence-corrected chi connectivity index (χ0v) is 19.2. The minimum atomic E-state index is -0.412. The summed E-state index contributed by atoms with van der Waals surface area (Å²) in [6.45, 7) is 5.50. The first-order chi connectivity index (χ1) is 16.2. The number of rotatable bonds is 11.